The summed E-state index contributed by atoms with van der Waals surface area (Å²) in [4.78, 5) is 25.6. The van der Waals surface area contributed by atoms with Gasteiger partial charge in [0.05, 0.1) is 6.61 Å². The molecule has 1 rings (SSSR count). The maximum Gasteiger partial charge on any atom is 0.326 e. The molecule has 0 aromatic rings. The molecule has 1 saturated heterocycles. The van der Waals surface area contributed by atoms with Crippen molar-refractivity contribution in [2.24, 2.45) is 0 Å². The van der Waals surface area contributed by atoms with E-state index < -0.39 is 12.0 Å². The summed E-state index contributed by atoms with van der Waals surface area (Å²) in [5.41, 5.74) is 0. The lowest BCUT2D eigenvalue weighted by Crippen LogP contribution is -2.48. The molecule has 1 atom stereocenters. The number of carboxylic acids is 1. The van der Waals surface area contributed by atoms with Crippen LogP contribution < -0.4 is 0 Å². The van der Waals surface area contributed by atoms with Crippen molar-refractivity contribution in [3.05, 3.63) is 0 Å². The van der Waals surface area contributed by atoms with Crippen LogP contribution >= 0.6 is 0 Å². The van der Waals surface area contributed by atoms with Gasteiger partial charge in [-0.3, -0.25) is 0 Å². The molecule has 0 spiro atoms. The van der Waals surface area contributed by atoms with Gasteiger partial charge in [0.25, 0.3) is 0 Å². The second-order valence-corrected chi connectivity index (χ2v) is 3.86. The summed E-state index contributed by atoms with van der Waals surface area (Å²) in [6.07, 6.45) is 0.793. The molecule has 0 saturated carbocycles. The Bertz CT molecular complexity index is 262. The number of likely N-dealkylation sites (N-methyl/N-ethyl adjacent to an activating group) is 1. The van der Waals surface area contributed by atoms with E-state index in [1.165, 1.54) is 18.9 Å². The molecule has 0 bridgehead atoms. The molecular weight excluding hydrogens is 212 g/mol. The molecule has 0 radical (unpaired) electrons. The Balaban J connectivity index is 2.57. The van der Waals surface area contributed by atoms with E-state index in [0.29, 0.717) is 26.3 Å². The van der Waals surface area contributed by atoms with Crippen LogP contribution in [0.5, 0.6) is 0 Å². The first-order chi connectivity index (χ1) is 7.54. The van der Waals surface area contributed by atoms with E-state index in [0.717, 1.165) is 6.42 Å². The summed E-state index contributed by atoms with van der Waals surface area (Å²) in [6.45, 7) is 3.81. The maximum absolute atomic E-state index is 11.9. The minimum absolute atomic E-state index is 0.250. The first-order valence-corrected chi connectivity index (χ1v) is 5.36. The van der Waals surface area contributed by atoms with Crippen LogP contribution in [-0.2, 0) is 9.53 Å². The molecule has 1 N–H and O–H groups in total. The summed E-state index contributed by atoms with van der Waals surface area (Å²) in [6, 6.07) is -1.06. The second kappa shape index (κ2) is 5.69. The number of carbonyl (C=O) groups excluding carboxylic acids is 1. The Morgan fingerprint density at radius 1 is 1.38 bits per heavy atom. The third-order valence-electron chi connectivity index (χ3n) is 2.73. The van der Waals surface area contributed by atoms with Crippen LogP contribution in [0.1, 0.15) is 13.3 Å². The van der Waals surface area contributed by atoms with Gasteiger partial charge in [-0.15, -0.1) is 0 Å². The number of hydrogen-bond donors (Lipinski definition) is 1. The summed E-state index contributed by atoms with van der Waals surface area (Å²) in [5.74, 6) is -0.998. The highest BCUT2D eigenvalue weighted by molar-refractivity contribution is 5.82. The topological polar surface area (TPSA) is 70.1 Å². The lowest BCUT2D eigenvalue weighted by Gasteiger charge is -2.28. The third-order valence-corrected chi connectivity index (χ3v) is 2.73. The normalized spacial score (nSPS) is 18.8. The van der Waals surface area contributed by atoms with E-state index in [2.05, 4.69) is 0 Å². The molecule has 1 fully saturated rings. The molecule has 92 valence electrons. The Kier molecular flexibility index (Phi) is 4.54. The minimum atomic E-state index is -0.998. The molecule has 1 heterocycles. The van der Waals surface area contributed by atoms with Crippen LogP contribution in [0.15, 0.2) is 0 Å². The van der Waals surface area contributed by atoms with E-state index >= 15 is 0 Å². The number of hydrogen-bond acceptors (Lipinski definition) is 3. The average molecular weight is 230 g/mol. The highest BCUT2D eigenvalue weighted by Crippen LogP contribution is 2.06. The maximum atomic E-state index is 11.9. The lowest BCUT2D eigenvalue weighted by atomic mass is 10.3. The zero-order chi connectivity index (χ0) is 12.1. The van der Waals surface area contributed by atoms with Crippen molar-refractivity contribution in [2.45, 2.75) is 19.4 Å². The van der Waals surface area contributed by atoms with Gasteiger partial charge in [-0.25, -0.2) is 9.59 Å². The molecule has 0 aliphatic carbocycles. The van der Waals surface area contributed by atoms with Gasteiger partial charge in [0.1, 0.15) is 6.04 Å². The summed E-state index contributed by atoms with van der Waals surface area (Å²) in [5, 5.41) is 8.82. The number of amides is 2. The van der Waals surface area contributed by atoms with E-state index in [4.69, 9.17) is 9.84 Å². The average Bonchev–Trinajstić information content (AvgIpc) is 2.54. The number of carbonyl (C=O) groups is 2. The molecule has 6 heteroatoms. The summed E-state index contributed by atoms with van der Waals surface area (Å²) < 4.78 is 5.23. The third kappa shape index (κ3) is 3.10. The standard InChI is InChI=1S/C10H18N2O4/c1-8(9(13)14)11(2)10(15)12-4-3-6-16-7-5-12/h8H,3-7H2,1-2H3,(H,13,14). The Labute approximate surface area is 94.8 Å². The number of aliphatic carboxylic acids is 1. The van der Waals surface area contributed by atoms with Crippen molar-refractivity contribution in [2.75, 3.05) is 33.4 Å². The van der Waals surface area contributed by atoms with E-state index in [-0.39, 0.29) is 6.03 Å². The molecule has 0 aromatic heterocycles. The van der Waals surface area contributed by atoms with Gasteiger partial charge in [0, 0.05) is 26.7 Å². The van der Waals surface area contributed by atoms with Gasteiger partial charge in [-0.1, -0.05) is 0 Å². The monoisotopic (exact) mass is 230 g/mol. The molecule has 0 aromatic carbocycles. The predicted octanol–water partition coefficient (Wildman–Crippen LogP) is 0.234. The van der Waals surface area contributed by atoms with Crippen LogP contribution in [-0.4, -0.2) is 66.3 Å². The van der Waals surface area contributed by atoms with Crippen molar-refractivity contribution in [3.8, 4) is 0 Å². The number of rotatable bonds is 2. The largest absolute Gasteiger partial charge is 0.480 e. The number of carboxylic acid groups (broad SMARTS) is 1. The van der Waals surface area contributed by atoms with Crippen molar-refractivity contribution in [3.63, 3.8) is 0 Å². The Morgan fingerprint density at radius 3 is 2.69 bits per heavy atom. The van der Waals surface area contributed by atoms with Gasteiger partial charge in [-0.2, -0.15) is 0 Å². The fraction of sp³-hybridized carbons (Fsp3) is 0.800. The van der Waals surface area contributed by atoms with E-state index in [1.807, 2.05) is 0 Å². The molecule has 16 heavy (non-hydrogen) atoms. The highest BCUT2D eigenvalue weighted by atomic mass is 16.5. The predicted molar refractivity (Wildman–Crippen MR) is 57.3 cm³/mol. The molecule has 2 amide bonds. The van der Waals surface area contributed by atoms with Crippen molar-refractivity contribution < 1.29 is 19.4 Å². The van der Waals surface area contributed by atoms with Gasteiger partial charge in [-0.05, 0) is 13.3 Å². The number of ether oxygens (including phenoxy) is 1. The van der Waals surface area contributed by atoms with Crippen molar-refractivity contribution in [1.82, 2.24) is 9.80 Å². The fourth-order valence-corrected chi connectivity index (χ4v) is 1.49. The van der Waals surface area contributed by atoms with Gasteiger partial charge < -0.3 is 19.6 Å². The van der Waals surface area contributed by atoms with Crippen LogP contribution in [0.3, 0.4) is 0 Å². The fourth-order valence-electron chi connectivity index (χ4n) is 1.49. The molecule has 1 aliphatic rings. The van der Waals surface area contributed by atoms with Crippen LogP contribution in [0.25, 0.3) is 0 Å². The summed E-state index contributed by atoms with van der Waals surface area (Å²) >= 11 is 0. The Morgan fingerprint density at radius 2 is 2.06 bits per heavy atom. The smallest absolute Gasteiger partial charge is 0.326 e. The molecular formula is C10H18N2O4. The van der Waals surface area contributed by atoms with Gasteiger partial charge in [0.15, 0.2) is 0 Å². The molecule has 6 nitrogen and oxygen atoms in total. The quantitative estimate of drug-likeness (QED) is 0.737. The zero-order valence-corrected chi connectivity index (χ0v) is 9.68. The Hall–Kier alpha value is -1.30. The SMILES string of the molecule is CC(C(=O)O)N(C)C(=O)N1CCCOCC1. The van der Waals surface area contributed by atoms with Crippen LogP contribution in [0, 0.1) is 0 Å². The zero-order valence-electron chi connectivity index (χ0n) is 9.68. The molecule has 1 aliphatic heterocycles. The second-order valence-electron chi connectivity index (χ2n) is 3.86. The van der Waals surface area contributed by atoms with E-state index in [1.54, 1.807) is 4.90 Å². The minimum Gasteiger partial charge on any atom is -0.480 e. The van der Waals surface area contributed by atoms with Crippen molar-refractivity contribution in [1.29, 1.82) is 0 Å². The first-order valence-electron chi connectivity index (χ1n) is 5.36. The van der Waals surface area contributed by atoms with Gasteiger partial charge >= 0.3 is 12.0 Å². The lowest BCUT2D eigenvalue weighted by molar-refractivity contribution is -0.141. The number of urea groups is 1. The van der Waals surface area contributed by atoms with Crippen LogP contribution in [0.2, 0.25) is 0 Å². The summed E-state index contributed by atoms with van der Waals surface area (Å²) in [7, 11) is 1.51. The van der Waals surface area contributed by atoms with Crippen molar-refractivity contribution >= 4 is 12.0 Å². The highest BCUT2D eigenvalue weighted by Gasteiger charge is 2.26. The van der Waals surface area contributed by atoms with E-state index in [9.17, 15) is 9.59 Å². The first kappa shape index (κ1) is 12.8. The van der Waals surface area contributed by atoms with Gasteiger partial charge in [0.2, 0.25) is 0 Å². The number of nitrogens with zero attached hydrogens (tertiary/aromatic N) is 2. The van der Waals surface area contributed by atoms with Crippen LogP contribution in [0.4, 0.5) is 4.79 Å². The molecule has 1 unspecified atom stereocenters.